The second-order valence-electron chi connectivity index (χ2n) is 9.83. The lowest BCUT2D eigenvalue weighted by Crippen LogP contribution is -2.52. The van der Waals surface area contributed by atoms with Gasteiger partial charge in [-0.1, -0.05) is 30.3 Å². The minimum atomic E-state index is -0.636. The molecule has 0 radical (unpaired) electrons. The highest BCUT2D eigenvalue weighted by Crippen LogP contribution is 2.34. The van der Waals surface area contributed by atoms with E-state index in [9.17, 15) is 14.4 Å². The minimum absolute atomic E-state index is 0.0801. The van der Waals surface area contributed by atoms with Crippen LogP contribution in [0.2, 0.25) is 0 Å². The maximum Gasteiger partial charge on any atom is 0.255 e. The van der Waals surface area contributed by atoms with E-state index in [4.69, 9.17) is 9.47 Å². The summed E-state index contributed by atoms with van der Waals surface area (Å²) in [6.45, 7) is 8.52. The molecule has 3 amide bonds. The van der Waals surface area contributed by atoms with E-state index in [2.05, 4.69) is 48.3 Å². The molecule has 1 N–H and O–H groups in total. The fourth-order valence-electron chi connectivity index (χ4n) is 5.17. The van der Waals surface area contributed by atoms with Gasteiger partial charge in [-0.2, -0.15) is 0 Å². The van der Waals surface area contributed by atoms with E-state index < -0.39 is 11.9 Å². The highest BCUT2D eigenvalue weighted by atomic mass is 16.5. The predicted octanol–water partition coefficient (Wildman–Crippen LogP) is 2.59. The van der Waals surface area contributed by atoms with Gasteiger partial charge in [-0.25, -0.2) is 0 Å². The highest BCUT2D eigenvalue weighted by Gasteiger charge is 2.40. The SMILES string of the molecule is CC(C)(c1ccc(COc2cccc3c2CN(C2CCC(=O)NC2=O)C3=O)cc1)N1CCOCC1. The van der Waals surface area contributed by atoms with Crippen molar-refractivity contribution in [2.45, 2.75) is 51.4 Å². The van der Waals surface area contributed by atoms with Crippen molar-refractivity contribution in [2.24, 2.45) is 0 Å². The number of nitrogens with zero attached hydrogens (tertiary/aromatic N) is 2. The lowest BCUT2D eigenvalue weighted by Gasteiger charge is -2.41. The number of amides is 3. The van der Waals surface area contributed by atoms with Crippen LogP contribution < -0.4 is 10.1 Å². The van der Waals surface area contributed by atoms with Gasteiger partial charge in [0.05, 0.1) is 19.8 Å². The molecule has 8 nitrogen and oxygen atoms in total. The van der Waals surface area contributed by atoms with E-state index in [-0.39, 0.29) is 23.8 Å². The zero-order valence-corrected chi connectivity index (χ0v) is 20.2. The Bertz CT molecular complexity index is 1140. The molecule has 2 fully saturated rings. The number of imide groups is 1. The van der Waals surface area contributed by atoms with Crippen molar-refractivity contribution in [1.82, 2.24) is 15.1 Å². The monoisotopic (exact) mass is 477 g/mol. The van der Waals surface area contributed by atoms with Crippen LogP contribution in [0.4, 0.5) is 0 Å². The molecule has 2 aromatic carbocycles. The van der Waals surface area contributed by atoms with Crippen LogP contribution in [-0.2, 0) is 33.0 Å². The van der Waals surface area contributed by atoms with Gasteiger partial charge in [0.25, 0.3) is 5.91 Å². The van der Waals surface area contributed by atoms with Crippen LogP contribution in [0.1, 0.15) is 53.7 Å². The van der Waals surface area contributed by atoms with Gasteiger partial charge in [0.1, 0.15) is 18.4 Å². The number of carbonyl (C=O) groups excluding carboxylic acids is 3. The summed E-state index contributed by atoms with van der Waals surface area (Å²) in [6.07, 6.45) is 0.575. The van der Waals surface area contributed by atoms with Gasteiger partial charge in [0.2, 0.25) is 11.8 Å². The standard InChI is InChI=1S/C27H31N3O5/c1-27(2,29-12-14-34-15-13-29)19-8-6-18(7-9-19)17-35-23-5-3-4-20-21(23)16-30(26(20)33)22-10-11-24(31)28-25(22)32/h3-9,22H,10-17H2,1-2H3,(H,28,31,32). The van der Waals surface area contributed by atoms with Crippen LogP contribution in [-0.4, -0.2) is 59.9 Å². The summed E-state index contributed by atoms with van der Waals surface area (Å²) in [4.78, 5) is 40.8. The zero-order valence-electron chi connectivity index (χ0n) is 20.2. The van der Waals surface area contributed by atoms with E-state index in [1.165, 1.54) is 5.56 Å². The van der Waals surface area contributed by atoms with Crippen molar-refractivity contribution in [3.8, 4) is 5.75 Å². The van der Waals surface area contributed by atoms with Gasteiger partial charge in [-0.05, 0) is 43.5 Å². The van der Waals surface area contributed by atoms with E-state index in [0.29, 0.717) is 30.9 Å². The molecule has 3 aliphatic heterocycles. The number of piperidine rings is 1. The Morgan fingerprint density at radius 1 is 1.06 bits per heavy atom. The smallest absolute Gasteiger partial charge is 0.255 e. The number of hydrogen-bond acceptors (Lipinski definition) is 6. The second kappa shape index (κ2) is 9.43. The van der Waals surface area contributed by atoms with Crippen LogP contribution in [0.5, 0.6) is 5.75 Å². The van der Waals surface area contributed by atoms with Crippen molar-refractivity contribution in [3.05, 3.63) is 64.7 Å². The molecule has 35 heavy (non-hydrogen) atoms. The number of morpholine rings is 1. The van der Waals surface area contributed by atoms with Crippen LogP contribution in [0.15, 0.2) is 42.5 Å². The molecule has 0 aliphatic carbocycles. The molecule has 8 heteroatoms. The van der Waals surface area contributed by atoms with Gasteiger partial charge in [0.15, 0.2) is 0 Å². The number of carbonyl (C=O) groups is 3. The van der Waals surface area contributed by atoms with Gasteiger partial charge in [-0.3, -0.25) is 24.6 Å². The van der Waals surface area contributed by atoms with Crippen LogP contribution in [0.3, 0.4) is 0 Å². The summed E-state index contributed by atoms with van der Waals surface area (Å²) >= 11 is 0. The molecule has 1 atom stereocenters. The third-order valence-electron chi connectivity index (χ3n) is 7.40. The topological polar surface area (TPSA) is 88.2 Å². The molecule has 0 saturated carbocycles. The van der Waals surface area contributed by atoms with Crippen LogP contribution >= 0.6 is 0 Å². The molecule has 0 spiro atoms. The number of nitrogens with one attached hydrogen (secondary N) is 1. The molecule has 1 unspecified atom stereocenters. The number of fused-ring (bicyclic) bond motifs is 1. The lowest BCUT2D eigenvalue weighted by molar-refractivity contribution is -0.136. The molecule has 3 aliphatic rings. The second-order valence-corrected chi connectivity index (χ2v) is 9.83. The van der Waals surface area contributed by atoms with Crippen molar-refractivity contribution < 1.29 is 23.9 Å². The Labute approximate surface area is 205 Å². The molecule has 2 aromatic rings. The molecule has 184 valence electrons. The first-order chi connectivity index (χ1) is 16.8. The minimum Gasteiger partial charge on any atom is -0.489 e. The predicted molar refractivity (Wildman–Crippen MR) is 129 cm³/mol. The first-order valence-electron chi connectivity index (χ1n) is 12.2. The Kier molecular flexibility index (Phi) is 6.34. The fraction of sp³-hybridized carbons (Fsp3) is 0.444. The average Bonchev–Trinajstić information content (AvgIpc) is 3.20. The van der Waals surface area contributed by atoms with Crippen molar-refractivity contribution in [3.63, 3.8) is 0 Å². The molecule has 5 rings (SSSR count). The zero-order chi connectivity index (χ0) is 24.6. The maximum atomic E-state index is 13.0. The molecular formula is C27H31N3O5. The Balaban J connectivity index is 1.26. The fourth-order valence-corrected chi connectivity index (χ4v) is 5.17. The normalized spacial score (nSPS) is 21.1. The van der Waals surface area contributed by atoms with Crippen molar-refractivity contribution in [2.75, 3.05) is 26.3 Å². The Morgan fingerprint density at radius 3 is 2.51 bits per heavy atom. The maximum absolute atomic E-state index is 13.0. The van der Waals surface area contributed by atoms with Crippen LogP contribution in [0, 0.1) is 0 Å². The van der Waals surface area contributed by atoms with E-state index >= 15 is 0 Å². The summed E-state index contributed by atoms with van der Waals surface area (Å²) < 4.78 is 11.6. The van der Waals surface area contributed by atoms with E-state index in [1.54, 1.807) is 17.0 Å². The molecular weight excluding hydrogens is 446 g/mol. The number of hydrogen-bond donors (Lipinski definition) is 1. The van der Waals surface area contributed by atoms with Gasteiger partial charge >= 0.3 is 0 Å². The third kappa shape index (κ3) is 4.56. The van der Waals surface area contributed by atoms with Crippen molar-refractivity contribution >= 4 is 17.7 Å². The van der Waals surface area contributed by atoms with Crippen LogP contribution in [0.25, 0.3) is 0 Å². The molecule has 2 saturated heterocycles. The van der Waals surface area contributed by atoms with Crippen molar-refractivity contribution in [1.29, 1.82) is 0 Å². The van der Waals surface area contributed by atoms with E-state index in [0.717, 1.165) is 37.4 Å². The molecule has 3 heterocycles. The molecule has 0 aromatic heterocycles. The average molecular weight is 478 g/mol. The van der Waals surface area contributed by atoms with Gasteiger partial charge < -0.3 is 14.4 Å². The number of rotatable bonds is 6. The van der Waals surface area contributed by atoms with Gasteiger partial charge in [-0.15, -0.1) is 0 Å². The van der Waals surface area contributed by atoms with E-state index in [1.807, 2.05) is 6.07 Å². The summed E-state index contributed by atoms with van der Waals surface area (Å²) in [7, 11) is 0. The Hall–Kier alpha value is -3.23. The quantitative estimate of drug-likeness (QED) is 0.644. The number of benzene rings is 2. The summed E-state index contributed by atoms with van der Waals surface area (Å²) in [5.74, 6) is -0.262. The molecule has 0 bridgehead atoms. The summed E-state index contributed by atoms with van der Waals surface area (Å²) in [5.41, 5.74) is 3.54. The Morgan fingerprint density at radius 2 is 1.80 bits per heavy atom. The first-order valence-corrected chi connectivity index (χ1v) is 12.2. The summed E-state index contributed by atoms with van der Waals surface area (Å²) in [5, 5.41) is 2.34. The highest BCUT2D eigenvalue weighted by molar-refractivity contribution is 6.05. The largest absolute Gasteiger partial charge is 0.489 e. The summed E-state index contributed by atoms with van der Waals surface area (Å²) in [6, 6.07) is 13.3. The lowest BCUT2D eigenvalue weighted by atomic mass is 9.91. The number of ether oxygens (including phenoxy) is 2. The first kappa shape index (κ1) is 23.5. The third-order valence-corrected chi connectivity index (χ3v) is 7.40. The van der Waals surface area contributed by atoms with Gasteiger partial charge in [0, 0.05) is 36.2 Å².